The number of rotatable bonds is 8. The molecular formula is C24H29BrF2N2O2. The number of unbranched alkanes of at least 4 members (excludes halogenated alkanes) is 4. The normalized spacial score (nSPS) is 15.5. The standard InChI is InChI=1S/C24H29BrF2N2O2/c1-2-3-4-5-6-13-29(24(30)28-21-12-10-18(26)16-20(21)27)22-8-7-14-31-23-15-17(25)9-11-19(22)23/h9-12,15-16,22H,2-8,13-14H2,1H3,(H,28,30). The van der Waals surface area contributed by atoms with Gasteiger partial charge in [0.1, 0.15) is 17.4 Å². The fraction of sp³-hybridized carbons (Fsp3) is 0.458. The van der Waals surface area contributed by atoms with Gasteiger partial charge in [0.2, 0.25) is 0 Å². The van der Waals surface area contributed by atoms with Crippen molar-refractivity contribution in [2.45, 2.75) is 57.9 Å². The maximum absolute atomic E-state index is 14.2. The van der Waals surface area contributed by atoms with E-state index in [0.29, 0.717) is 13.2 Å². The lowest BCUT2D eigenvalue weighted by atomic mass is 10.00. The molecule has 1 unspecified atom stereocenters. The Balaban J connectivity index is 1.84. The predicted octanol–water partition coefficient (Wildman–Crippen LogP) is 7.45. The minimum Gasteiger partial charge on any atom is -0.493 e. The number of fused-ring (bicyclic) bond motifs is 1. The molecule has 2 amide bonds. The first kappa shape index (κ1) is 23.5. The quantitative estimate of drug-likeness (QED) is 0.387. The van der Waals surface area contributed by atoms with Gasteiger partial charge in [-0.15, -0.1) is 0 Å². The molecule has 0 saturated heterocycles. The highest BCUT2D eigenvalue weighted by Crippen LogP contribution is 2.37. The third-order valence-electron chi connectivity index (χ3n) is 5.53. The SMILES string of the molecule is CCCCCCCN(C(=O)Nc1ccc(F)cc1F)C1CCCOc2cc(Br)ccc21. The molecule has 1 atom stereocenters. The van der Waals surface area contributed by atoms with E-state index in [1.54, 1.807) is 4.90 Å². The number of nitrogens with zero attached hydrogens (tertiary/aromatic N) is 1. The fourth-order valence-electron chi connectivity index (χ4n) is 3.91. The highest BCUT2D eigenvalue weighted by Gasteiger charge is 2.29. The first-order valence-electron chi connectivity index (χ1n) is 10.9. The number of hydrogen-bond donors (Lipinski definition) is 1. The predicted molar refractivity (Wildman–Crippen MR) is 122 cm³/mol. The molecule has 0 spiro atoms. The number of nitrogens with one attached hydrogen (secondary N) is 1. The average molecular weight is 495 g/mol. The van der Waals surface area contributed by atoms with Crippen LogP contribution in [0.2, 0.25) is 0 Å². The van der Waals surface area contributed by atoms with Gasteiger partial charge in [-0.05, 0) is 43.5 Å². The van der Waals surface area contributed by atoms with E-state index in [1.165, 1.54) is 12.5 Å². The van der Waals surface area contributed by atoms with Gasteiger partial charge in [-0.25, -0.2) is 13.6 Å². The molecule has 0 aromatic heterocycles. The monoisotopic (exact) mass is 494 g/mol. The number of amides is 2. The van der Waals surface area contributed by atoms with Gasteiger partial charge in [0.15, 0.2) is 0 Å². The molecule has 1 N–H and O–H groups in total. The second kappa shape index (κ2) is 11.5. The summed E-state index contributed by atoms with van der Waals surface area (Å²) in [6.07, 6.45) is 6.89. The van der Waals surface area contributed by atoms with Crippen molar-refractivity contribution in [2.75, 3.05) is 18.5 Å². The molecule has 7 heteroatoms. The van der Waals surface area contributed by atoms with E-state index in [1.807, 2.05) is 18.2 Å². The van der Waals surface area contributed by atoms with Crippen LogP contribution in [0.3, 0.4) is 0 Å². The molecule has 0 bridgehead atoms. The maximum Gasteiger partial charge on any atom is 0.322 e. The molecular weight excluding hydrogens is 466 g/mol. The largest absolute Gasteiger partial charge is 0.493 e. The van der Waals surface area contributed by atoms with Crippen LogP contribution in [0.25, 0.3) is 0 Å². The van der Waals surface area contributed by atoms with Crippen molar-refractivity contribution in [3.63, 3.8) is 0 Å². The van der Waals surface area contributed by atoms with E-state index in [9.17, 15) is 13.6 Å². The smallest absolute Gasteiger partial charge is 0.322 e. The van der Waals surface area contributed by atoms with Crippen molar-refractivity contribution in [2.24, 2.45) is 0 Å². The number of halogens is 3. The number of benzene rings is 2. The summed E-state index contributed by atoms with van der Waals surface area (Å²) in [5.74, 6) is -0.706. The summed E-state index contributed by atoms with van der Waals surface area (Å²) in [4.78, 5) is 15.0. The van der Waals surface area contributed by atoms with Crippen molar-refractivity contribution in [1.82, 2.24) is 4.90 Å². The Hall–Kier alpha value is -2.15. The van der Waals surface area contributed by atoms with Crippen molar-refractivity contribution in [1.29, 1.82) is 0 Å². The van der Waals surface area contributed by atoms with Crippen LogP contribution in [0.4, 0.5) is 19.3 Å². The van der Waals surface area contributed by atoms with Crippen LogP contribution >= 0.6 is 15.9 Å². The summed E-state index contributed by atoms with van der Waals surface area (Å²) < 4.78 is 34.2. The summed E-state index contributed by atoms with van der Waals surface area (Å²) in [5.41, 5.74) is 0.923. The van der Waals surface area contributed by atoms with Gasteiger partial charge in [-0.2, -0.15) is 0 Å². The molecule has 31 heavy (non-hydrogen) atoms. The molecule has 168 valence electrons. The van der Waals surface area contributed by atoms with E-state index in [0.717, 1.165) is 66.4 Å². The van der Waals surface area contributed by atoms with E-state index < -0.39 is 11.6 Å². The van der Waals surface area contributed by atoms with Crippen LogP contribution in [0.15, 0.2) is 40.9 Å². The molecule has 1 aliphatic heterocycles. The topological polar surface area (TPSA) is 41.6 Å². The lowest BCUT2D eigenvalue weighted by molar-refractivity contribution is 0.181. The van der Waals surface area contributed by atoms with Gasteiger partial charge in [0.05, 0.1) is 18.3 Å². The van der Waals surface area contributed by atoms with Crippen LogP contribution in [0.1, 0.15) is 63.5 Å². The Morgan fingerprint density at radius 3 is 2.74 bits per heavy atom. The van der Waals surface area contributed by atoms with Gasteiger partial charge >= 0.3 is 6.03 Å². The van der Waals surface area contributed by atoms with Crippen molar-refractivity contribution >= 4 is 27.6 Å². The van der Waals surface area contributed by atoms with Crippen LogP contribution in [-0.2, 0) is 0 Å². The molecule has 2 aromatic carbocycles. The lowest BCUT2D eigenvalue weighted by Crippen LogP contribution is -2.39. The molecule has 0 fully saturated rings. The van der Waals surface area contributed by atoms with Crippen LogP contribution in [0, 0.1) is 11.6 Å². The van der Waals surface area contributed by atoms with E-state index in [2.05, 4.69) is 28.2 Å². The van der Waals surface area contributed by atoms with Crippen LogP contribution in [-0.4, -0.2) is 24.1 Å². The third kappa shape index (κ3) is 6.42. The lowest BCUT2D eigenvalue weighted by Gasteiger charge is -2.32. The van der Waals surface area contributed by atoms with Gasteiger partial charge in [-0.1, -0.05) is 54.6 Å². The second-order valence-electron chi connectivity index (χ2n) is 7.85. The van der Waals surface area contributed by atoms with Crippen LogP contribution < -0.4 is 10.1 Å². The summed E-state index contributed by atoms with van der Waals surface area (Å²) in [5, 5.41) is 2.64. The Labute approximate surface area is 191 Å². The van der Waals surface area contributed by atoms with Gasteiger partial charge in [-0.3, -0.25) is 0 Å². The first-order valence-corrected chi connectivity index (χ1v) is 11.7. The molecule has 0 aliphatic carbocycles. The number of hydrogen-bond acceptors (Lipinski definition) is 2. The highest BCUT2D eigenvalue weighted by atomic mass is 79.9. The highest BCUT2D eigenvalue weighted by molar-refractivity contribution is 9.10. The maximum atomic E-state index is 14.2. The zero-order valence-corrected chi connectivity index (χ0v) is 19.4. The van der Waals surface area contributed by atoms with Crippen LogP contribution in [0.5, 0.6) is 5.75 Å². The molecule has 2 aromatic rings. The van der Waals surface area contributed by atoms with Crippen molar-refractivity contribution < 1.29 is 18.3 Å². The number of anilines is 1. The minimum atomic E-state index is -0.787. The van der Waals surface area contributed by atoms with Crippen molar-refractivity contribution in [3.05, 3.63) is 58.1 Å². The Morgan fingerprint density at radius 2 is 1.97 bits per heavy atom. The summed E-state index contributed by atoms with van der Waals surface area (Å²) in [6.45, 7) is 3.30. The van der Waals surface area contributed by atoms with Gasteiger partial charge in [0.25, 0.3) is 0 Å². The van der Waals surface area contributed by atoms with Crippen molar-refractivity contribution in [3.8, 4) is 5.75 Å². The average Bonchev–Trinajstić information content (AvgIpc) is 2.94. The van der Waals surface area contributed by atoms with E-state index >= 15 is 0 Å². The first-order chi connectivity index (χ1) is 15.0. The summed E-state index contributed by atoms with van der Waals surface area (Å²) >= 11 is 3.48. The molecule has 0 radical (unpaired) electrons. The summed E-state index contributed by atoms with van der Waals surface area (Å²) in [6, 6.07) is 8.44. The molecule has 1 aliphatic rings. The number of carbonyl (C=O) groups is 1. The Bertz CT molecular complexity index is 894. The fourth-order valence-corrected chi connectivity index (χ4v) is 4.25. The molecule has 0 saturated carbocycles. The Kier molecular flexibility index (Phi) is 8.69. The molecule has 3 rings (SSSR count). The zero-order valence-electron chi connectivity index (χ0n) is 17.8. The second-order valence-corrected chi connectivity index (χ2v) is 8.77. The summed E-state index contributed by atoms with van der Waals surface area (Å²) in [7, 11) is 0. The Morgan fingerprint density at radius 1 is 1.16 bits per heavy atom. The van der Waals surface area contributed by atoms with Gasteiger partial charge < -0.3 is 15.0 Å². The molecule has 1 heterocycles. The van der Waals surface area contributed by atoms with E-state index in [4.69, 9.17) is 4.74 Å². The van der Waals surface area contributed by atoms with E-state index in [-0.39, 0.29) is 17.8 Å². The third-order valence-corrected chi connectivity index (χ3v) is 6.02. The number of urea groups is 1. The van der Waals surface area contributed by atoms with Gasteiger partial charge in [0, 0.05) is 22.6 Å². The minimum absolute atomic E-state index is 0.0247. The number of carbonyl (C=O) groups excluding carboxylic acids is 1. The molecule has 4 nitrogen and oxygen atoms in total. The number of ether oxygens (including phenoxy) is 1. The zero-order chi connectivity index (χ0) is 22.2.